The summed E-state index contributed by atoms with van der Waals surface area (Å²) in [5.74, 6) is 0.940. The third-order valence-electron chi connectivity index (χ3n) is 4.98. The first-order chi connectivity index (χ1) is 12.7. The average molecular weight is 366 g/mol. The number of amidine groups is 1. The predicted octanol–water partition coefficient (Wildman–Crippen LogP) is 2.12. The molecule has 0 aromatic heterocycles. The fourth-order valence-corrected chi connectivity index (χ4v) is 4.20. The molecular weight excluding hydrogens is 344 g/mol. The smallest absolute Gasteiger partial charge is 0.276 e. The summed E-state index contributed by atoms with van der Waals surface area (Å²) in [5.41, 5.74) is 2.04. The van der Waals surface area contributed by atoms with Gasteiger partial charge < -0.3 is 0 Å². The molecule has 2 atom stereocenters. The summed E-state index contributed by atoms with van der Waals surface area (Å²) in [4.78, 5) is 17.9. The number of hydrogen-bond donors (Lipinski definition) is 1. The summed E-state index contributed by atoms with van der Waals surface area (Å²) < 4.78 is 0. The van der Waals surface area contributed by atoms with E-state index in [0.29, 0.717) is 22.5 Å². The number of benzene rings is 1. The Bertz CT molecular complexity index is 933. The van der Waals surface area contributed by atoms with Crippen molar-refractivity contribution in [1.82, 2.24) is 10.3 Å². The Balaban J connectivity index is 1.81. The molecule has 0 spiro atoms. The molecule has 2 heterocycles. The van der Waals surface area contributed by atoms with E-state index >= 15 is 0 Å². The Labute approximate surface area is 157 Å². The van der Waals surface area contributed by atoms with Gasteiger partial charge in [0.25, 0.3) is 5.91 Å². The minimum Gasteiger partial charge on any atom is -0.298 e. The molecule has 0 bridgehead atoms. The first kappa shape index (κ1) is 17.1. The van der Waals surface area contributed by atoms with Gasteiger partial charge in [0.05, 0.1) is 5.36 Å². The van der Waals surface area contributed by atoms with Crippen molar-refractivity contribution in [2.75, 3.05) is 5.75 Å². The van der Waals surface area contributed by atoms with Gasteiger partial charge >= 0.3 is 0 Å². The number of hydrogen-bond acceptors (Lipinski definition) is 5. The quantitative estimate of drug-likeness (QED) is 0.834. The lowest BCUT2D eigenvalue weighted by atomic mass is 9.87. The van der Waals surface area contributed by atoms with Crippen molar-refractivity contribution in [2.45, 2.75) is 32.4 Å². The Kier molecular flexibility index (Phi) is 4.68. The fraction of sp³-hybridized carbons (Fsp3) is 0.350. The lowest BCUT2D eigenvalue weighted by Crippen LogP contribution is -2.54. The zero-order chi connectivity index (χ0) is 18.1. The van der Waals surface area contributed by atoms with Crippen molar-refractivity contribution < 1.29 is 4.79 Å². The van der Waals surface area contributed by atoms with E-state index in [-0.39, 0.29) is 12.1 Å². The van der Waals surface area contributed by atoms with Crippen LogP contribution in [0.15, 0.2) is 58.7 Å². The number of nitrogens with one attached hydrogen (secondary N) is 1. The van der Waals surface area contributed by atoms with E-state index in [1.807, 2.05) is 29.3 Å². The minimum atomic E-state index is -0.144. The van der Waals surface area contributed by atoms with Crippen molar-refractivity contribution >= 4 is 28.5 Å². The second-order valence-corrected chi connectivity index (χ2v) is 7.81. The molecule has 26 heavy (non-hydrogen) atoms. The van der Waals surface area contributed by atoms with Gasteiger partial charge in [-0.2, -0.15) is 0 Å². The summed E-state index contributed by atoms with van der Waals surface area (Å²) in [5, 5.41) is 11.9. The van der Waals surface area contributed by atoms with Crippen LogP contribution in [0.3, 0.4) is 0 Å². The van der Waals surface area contributed by atoms with Gasteiger partial charge in [-0.15, -0.1) is 11.7 Å². The molecule has 0 saturated carbocycles. The van der Waals surface area contributed by atoms with Crippen LogP contribution in [0, 0.1) is 5.92 Å². The Hall–Kier alpha value is -2.34. The highest BCUT2D eigenvalue weighted by Gasteiger charge is 2.37. The molecule has 4 rings (SSSR count). The second-order valence-electron chi connectivity index (χ2n) is 6.80. The molecule has 0 unspecified atom stereocenters. The Morgan fingerprint density at radius 2 is 2.27 bits per heavy atom. The molecule has 134 valence electrons. The molecule has 0 saturated heterocycles. The topological polar surface area (TPSA) is 57.1 Å². The largest absolute Gasteiger partial charge is 0.298 e. The molecule has 1 aromatic rings. The normalized spacial score (nSPS) is 24.6. The predicted molar refractivity (Wildman–Crippen MR) is 106 cm³/mol. The third-order valence-corrected chi connectivity index (χ3v) is 5.84. The van der Waals surface area contributed by atoms with Crippen LogP contribution in [0.4, 0.5) is 0 Å². The molecule has 0 radical (unpaired) electrons. The van der Waals surface area contributed by atoms with Crippen LogP contribution >= 0.6 is 11.8 Å². The van der Waals surface area contributed by atoms with Crippen molar-refractivity contribution in [1.29, 1.82) is 0 Å². The van der Waals surface area contributed by atoms with E-state index in [4.69, 9.17) is 10.1 Å². The summed E-state index contributed by atoms with van der Waals surface area (Å²) in [6.45, 7) is 5.92. The first-order valence-corrected chi connectivity index (χ1v) is 9.91. The average Bonchev–Trinajstić information content (AvgIpc) is 2.66. The summed E-state index contributed by atoms with van der Waals surface area (Å²) in [6.07, 6.45) is 7.07. The summed E-state index contributed by atoms with van der Waals surface area (Å²) in [6, 6.07) is 7.83. The number of allylic oxidation sites excluding steroid dienone is 2. The molecule has 5 nitrogen and oxygen atoms in total. The molecular formula is C20H22N4OS. The lowest BCUT2D eigenvalue weighted by molar-refractivity contribution is -0.116. The van der Waals surface area contributed by atoms with Crippen molar-refractivity contribution in [3.05, 3.63) is 59.1 Å². The van der Waals surface area contributed by atoms with Crippen LogP contribution in [0.2, 0.25) is 0 Å². The highest BCUT2D eigenvalue weighted by molar-refractivity contribution is 8.14. The standard InChI is InChI=1S/C20H22N4OS/c1-3-12-26-20-22-19(25)17-15-6-4-5-7-16(15)21-18(24(17)23-20)14-10-8-13(2)9-11-14/h3-8,14,18H,1,9-12H2,2H3,(H,22,23,25)/t14-,18-/m1/s1. The van der Waals surface area contributed by atoms with Gasteiger partial charge in [-0.05, 0) is 32.3 Å². The van der Waals surface area contributed by atoms with Crippen LogP contribution < -0.4 is 15.9 Å². The third kappa shape index (κ3) is 3.09. The first-order valence-electron chi connectivity index (χ1n) is 8.93. The zero-order valence-corrected chi connectivity index (χ0v) is 15.6. The lowest BCUT2D eigenvalue weighted by Gasteiger charge is -2.38. The number of carbonyl (C=O) groups excluding carboxylic acids is 1. The highest BCUT2D eigenvalue weighted by atomic mass is 32.2. The van der Waals surface area contributed by atoms with Crippen molar-refractivity contribution in [2.24, 2.45) is 16.0 Å². The van der Waals surface area contributed by atoms with Gasteiger partial charge in [0.1, 0.15) is 11.9 Å². The minimum absolute atomic E-state index is 0.110. The summed E-state index contributed by atoms with van der Waals surface area (Å²) in [7, 11) is 0. The van der Waals surface area contributed by atoms with Crippen LogP contribution in [-0.4, -0.2) is 28.0 Å². The maximum Gasteiger partial charge on any atom is 0.276 e. The number of carbonyl (C=O) groups is 1. The molecule has 0 fully saturated rings. The molecule has 1 amide bonds. The number of fused-ring (bicyclic) bond motifs is 2. The molecule has 1 N–H and O–H groups in total. The number of amides is 1. The van der Waals surface area contributed by atoms with Gasteiger partial charge in [-0.1, -0.05) is 47.7 Å². The second kappa shape index (κ2) is 7.11. The van der Waals surface area contributed by atoms with E-state index in [0.717, 1.165) is 29.8 Å². The SMILES string of the molecule is C=CCSC1=NN2C(=c3ccccc3=N[C@H]2[C@@H]2CC=C(C)CC2)C(=O)N1. The van der Waals surface area contributed by atoms with Crippen molar-refractivity contribution in [3.63, 3.8) is 0 Å². The highest BCUT2D eigenvalue weighted by Crippen LogP contribution is 2.32. The zero-order valence-electron chi connectivity index (χ0n) is 14.8. The molecule has 2 aliphatic heterocycles. The van der Waals surface area contributed by atoms with Crippen LogP contribution in [-0.2, 0) is 4.79 Å². The van der Waals surface area contributed by atoms with Gasteiger partial charge in [0, 0.05) is 16.9 Å². The Morgan fingerprint density at radius 3 is 3.04 bits per heavy atom. The Morgan fingerprint density at radius 1 is 1.42 bits per heavy atom. The fourth-order valence-electron chi connectivity index (χ4n) is 3.62. The molecule has 1 aliphatic carbocycles. The van der Waals surface area contributed by atoms with Crippen LogP contribution in [0.5, 0.6) is 0 Å². The molecule has 1 aromatic carbocycles. The number of hydrazone groups is 1. The summed E-state index contributed by atoms with van der Waals surface area (Å²) >= 11 is 1.48. The van der Waals surface area contributed by atoms with Crippen LogP contribution in [0.1, 0.15) is 26.2 Å². The monoisotopic (exact) mass is 366 g/mol. The number of thioether (sulfide) groups is 1. The van der Waals surface area contributed by atoms with Gasteiger partial charge in [0.15, 0.2) is 5.17 Å². The van der Waals surface area contributed by atoms with E-state index in [2.05, 4.69) is 24.9 Å². The molecule has 3 aliphatic rings. The maximum atomic E-state index is 12.9. The maximum absolute atomic E-state index is 12.9. The van der Waals surface area contributed by atoms with Crippen molar-refractivity contribution in [3.8, 4) is 0 Å². The number of para-hydroxylation sites is 1. The van der Waals surface area contributed by atoms with Crippen LogP contribution in [0.25, 0.3) is 5.70 Å². The van der Waals surface area contributed by atoms with E-state index in [1.54, 1.807) is 6.08 Å². The van der Waals surface area contributed by atoms with E-state index in [9.17, 15) is 4.79 Å². The number of nitrogens with zero attached hydrogens (tertiary/aromatic N) is 3. The number of rotatable bonds is 3. The molecule has 6 heteroatoms. The van der Waals surface area contributed by atoms with Gasteiger partial charge in [-0.25, -0.2) is 5.01 Å². The van der Waals surface area contributed by atoms with Gasteiger partial charge in [-0.3, -0.25) is 15.1 Å². The van der Waals surface area contributed by atoms with E-state index < -0.39 is 0 Å². The van der Waals surface area contributed by atoms with Gasteiger partial charge in [0.2, 0.25) is 0 Å². The van der Waals surface area contributed by atoms with E-state index in [1.165, 1.54) is 17.3 Å².